The highest BCUT2D eigenvalue weighted by molar-refractivity contribution is 6.45. The Hall–Kier alpha value is -3.12. The molecule has 0 aromatic heterocycles. The molecule has 6 heteroatoms. The maximum atomic E-state index is 13.5. The third-order valence-electron chi connectivity index (χ3n) is 5.28. The Morgan fingerprint density at radius 1 is 1.00 bits per heavy atom. The van der Waals surface area contributed by atoms with Gasteiger partial charge in [-0.1, -0.05) is 42.8 Å². The summed E-state index contributed by atoms with van der Waals surface area (Å²) in [5, 5.41) is 0. The van der Waals surface area contributed by atoms with E-state index in [-0.39, 0.29) is 11.8 Å². The number of carbonyl (C=O) groups excluding carboxylic acids is 2. The molecule has 2 heterocycles. The fourth-order valence-electron chi connectivity index (χ4n) is 3.75. The Bertz CT molecular complexity index is 975. The van der Waals surface area contributed by atoms with Gasteiger partial charge in [-0.3, -0.25) is 9.59 Å². The van der Waals surface area contributed by atoms with Crippen molar-refractivity contribution in [1.29, 1.82) is 0 Å². The van der Waals surface area contributed by atoms with Gasteiger partial charge in [-0.25, -0.2) is 4.90 Å². The SMILES string of the molecule is CCCOc1cccc(N2C(=O)C(c3ccc(C)cc3)=C(N3CCOCC3)C2=O)c1. The quantitative estimate of drug-likeness (QED) is 0.688. The molecule has 2 aliphatic heterocycles. The van der Waals surface area contributed by atoms with E-state index in [0.29, 0.717) is 55.6 Å². The smallest absolute Gasteiger partial charge is 0.282 e. The van der Waals surface area contributed by atoms with Crippen LogP contribution in [0, 0.1) is 6.92 Å². The molecule has 6 nitrogen and oxygen atoms in total. The second kappa shape index (κ2) is 8.71. The van der Waals surface area contributed by atoms with Crippen molar-refractivity contribution in [3.63, 3.8) is 0 Å². The molecule has 0 radical (unpaired) electrons. The van der Waals surface area contributed by atoms with E-state index in [4.69, 9.17) is 9.47 Å². The van der Waals surface area contributed by atoms with E-state index in [1.54, 1.807) is 18.2 Å². The van der Waals surface area contributed by atoms with Crippen molar-refractivity contribution in [2.75, 3.05) is 37.8 Å². The number of imide groups is 1. The van der Waals surface area contributed by atoms with Crippen molar-refractivity contribution in [3.8, 4) is 5.75 Å². The summed E-state index contributed by atoms with van der Waals surface area (Å²) in [5.74, 6) is 0.0368. The first-order valence-electron chi connectivity index (χ1n) is 10.4. The average molecular weight is 406 g/mol. The zero-order valence-corrected chi connectivity index (χ0v) is 17.4. The van der Waals surface area contributed by atoms with E-state index in [9.17, 15) is 9.59 Å². The number of ether oxygens (including phenoxy) is 2. The normalized spacial score (nSPS) is 17.1. The molecule has 0 bridgehead atoms. The summed E-state index contributed by atoms with van der Waals surface area (Å²) in [6, 6.07) is 14.9. The minimum Gasteiger partial charge on any atom is -0.494 e. The van der Waals surface area contributed by atoms with Crippen LogP contribution in [-0.4, -0.2) is 49.6 Å². The first-order chi connectivity index (χ1) is 14.6. The van der Waals surface area contributed by atoms with Crippen LogP contribution in [0.2, 0.25) is 0 Å². The Morgan fingerprint density at radius 3 is 2.43 bits per heavy atom. The summed E-state index contributed by atoms with van der Waals surface area (Å²) >= 11 is 0. The van der Waals surface area contributed by atoms with Crippen molar-refractivity contribution in [1.82, 2.24) is 4.90 Å². The van der Waals surface area contributed by atoms with Gasteiger partial charge >= 0.3 is 0 Å². The molecule has 2 aromatic rings. The number of morpholine rings is 1. The van der Waals surface area contributed by atoms with Crippen molar-refractivity contribution in [2.24, 2.45) is 0 Å². The lowest BCUT2D eigenvalue weighted by Crippen LogP contribution is -2.40. The van der Waals surface area contributed by atoms with Crippen LogP contribution >= 0.6 is 0 Å². The molecule has 0 aliphatic carbocycles. The van der Waals surface area contributed by atoms with E-state index in [1.807, 2.05) is 49.1 Å². The van der Waals surface area contributed by atoms with Crippen molar-refractivity contribution in [2.45, 2.75) is 20.3 Å². The van der Waals surface area contributed by atoms with Crippen LogP contribution in [0.1, 0.15) is 24.5 Å². The number of carbonyl (C=O) groups is 2. The van der Waals surface area contributed by atoms with Gasteiger partial charge in [-0.05, 0) is 31.0 Å². The highest BCUT2D eigenvalue weighted by Crippen LogP contribution is 2.36. The van der Waals surface area contributed by atoms with E-state index in [0.717, 1.165) is 17.5 Å². The average Bonchev–Trinajstić information content (AvgIpc) is 3.03. The van der Waals surface area contributed by atoms with Crippen molar-refractivity contribution in [3.05, 3.63) is 65.4 Å². The number of hydrogen-bond acceptors (Lipinski definition) is 5. The van der Waals surface area contributed by atoms with Crippen LogP contribution in [0.15, 0.2) is 54.2 Å². The zero-order valence-electron chi connectivity index (χ0n) is 17.4. The lowest BCUT2D eigenvalue weighted by atomic mass is 10.0. The number of rotatable bonds is 6. The number of hydrogen-bond donors (Lipinski definition) is 0. The molecule has 1 fully saturated rings. The maximum absolute atomic E-state index is 13.5. The molecule has 4 rings (SSSR count). The first-order valence-corrected chi connectivity index (χ1v) is 10.4. The maximum Gasteiger partial charge on any atom is 0.282 e. The monoisotopic (exact) mass is 406 g/mol. The molecule has 156 valence electrons. The van der Waals surface area contributed by atoms with E-state index in [2.05, 4.69) is 0 Å². The minimum absolute atomic E-state index is 0.301. The van der Waals surface area contributed by atoms with E-state index < -0.39 is 0 Å². The molecular weight excluding hydrogens is 380 g/mol. The summed E-state index contributed by atoms with van der Waals surface area (Å²) in [5.41, 5.74) is 3.27. The second-order valence-electron chi connectivity index (χ2n) is 7.48. The summed E-state index contributed by atoms with van der Waals surface area (Å²) in [7, 11) is 0. The van der Waals surface area contributed by atoms with Crippen LogP contribution in [0.25, 0.3) is 5.57 Å². The summed E-state index contributed by atoms with van der Waals surface area (Å²) in [6.45, 7) is 6.84. The van der Waals surface area contributed by atoms with Gasteiger partial charge in [0, 0.05) is 19.2 Å². The van der Waals surface area contributed by atoms with Crippen molar-refractivity contribution < 1.29 is 19.1 Å². The van der Waals surface area contributed by atoms with Gasteiger partial charge in [0.05, 0.1) is 31.1 Å². The molecule has 0 spiro atoms. The fourth-order valence-corrected chi connectivity index (χ4v) is 3.75. The Balaban J connectivity index is 1.75. The minimum atomic E-state index is -0.307. The third kappa shape index (κ3) is 3.83. The van der Waals surface area contributed by atoms with Crippen LogP contribution in [-0.2, 0) is 14.3 Å². The highest BCUT2D eigenvalue weighted by Gasteiger charge is 2.42. The Kier molecular flexibility index (Phi) is 5.86. The molecule has 0 unspecified atom stereocenters. The summed E-state index contributed by atoms with van der Waals surface area (Å²) in [4.78, 5) is 30.3. The van der Waals surface area contributed by atoms with Gasteiger partial charge < -0.3 is 14.4 Å². The lowest BCUT2D eigenvalue weighted by Gasteiger charge is -2.29. The van der Waals surface area contributed by atoms with Gasteiger partial charge in [0.2, 0.25) is 0 Å². The molecular formula is C24H26N2O4. The summed E-state index contributed by atoms with van der Waals surface area (Å²) in [6.07, 6.45) is 0.881. The Morgan fingerprint density at radius 2 is 1.73 bits per heavy atom. The number of aryl methyl sites for hydroxylation is 1. The first kappa shape index (κ1) is 20.2. The molecule has 30 heavy (non-hydrogen) atoms. The zero-order chi connectivity index (χ0) is 21.1. The standard InChI is InChI=1S/C24H26N2O4/c1-3-13-30-20-6-4-5-19(16-20)26-23(27)21(18-9-7-17(2)8-10-18)22(24(26)28)25-11-14-29-15-12-25/h4-10,16H,3,11-15H2,1-2H3. The molecule has 0 atom stereocenters. The van der Waals surface area contributed by atoms with Crippen LogP contribution in [0.5, 0.6) is 5.75 Å². The Labute approximate surface area is 176 Å². The van der Waals surface area contributed by atoms with Gasteiger partial charge in [-0.2, -0.15) is 0 Å². The molecule has 2 aliphatic rings. The lowest BCUT2D eigenvalue weighted by molar-refractivity contribution is -0.121. The molecule has 2 aromatic carbocycles. The number of nitrogens with zero attached hydrogens (tertiary/aromatic N) is 2. The molecule has 1 saturated heterocycles. The van der Waals surface area contributed by atoms with E-state index in [1.165, 1.54) is 4.90 Å². The van der Waals surface area contributed by atoms with Crippen molar-refractivity contribution >= 4 is 23.1 Å². The highest BCUT2D eigenvalue weighted by atomic mass is 16.5. The number of benzene rings is 2. The van der Waals surface area contributed by atoms with Crippen LogP contribution < -0.4 is 9.64 Å². The predicted octanol–water partition coefficient (Wildman–Crippen LogP) is 3.40. The van der Waals surface area contributed by atoms with Gasteiger partial charge in [0.15, 0.2) is 0 Å². The number of anilines is 1. The van der Waals surface area contributed by atoms with E-state index >= 15 is 0 Å². The van der Waals surface area contributed by atoms with Crippen LogP contribution in [0.3, 0.4) is 0 Å². The van der Waals surface area contributed by atoms with Gasteiger partial charge in [0.1, 0.15) is 11.4 Å². The second-order valence-corrected chi connectivity index (χ2v) is 7.48. The summed E-state index contributed by atoms with van der Waals surface area (Å²) < 4.78 is 11.2. The van der Waals surface area contributed by atoms with Crippen LogP contribution in [0.4, 0.5) is 5.69 Å². The van der Waals surface area contributed by atoms with Gasteiger partial charge in [-0.15, -0.1) is 0 Å². The van der Waals surface area contributed by atoms with Gasteiger partial charge in [0.25, 0.3) is 11.8 Å². The molecule has 2 amide bonds. The third-order valence-corrected chi connectivity index (χ3v) is 5.28. The fraction of sp³-hybridized carbons (Fsp3) is 0.333. The number of amides is 2. The molecule has 0 saturated carbocycles. The topological polar surface area (TPSA) is 59.1 Å². The predicted molar refractivity (Wildman–Crippen MR) is 115 cm³/mol. The molecule has 0 N–H and O–H groups in total. The largest absolute Gasteiger partial charge is 0.494 e.